The van der Waals surface area contributed by atoms with Crippen molar-refractivity contribution in [3.63, 3.8) is 0 Å². The molecule has 140 valence electrons. The van der Waals surface area contributed by atoms with Gasteiger partial charge in [-0.2, -0.15) is 0 Å². The molecule has 4 heteroatoms. The van der Waals surface area contributed by atoms with Gasteiger partial charge in [-0.05, 0) is 21.8 Å². The molecule has 0 unspecified atom stereocenters. The number of hydrogen-bond donors (Lipinski definition) is 2. The van der Waals surface area contributed by atoms with Crippen molar-refractivity contribution in [1.29, 1.82) is 0 Å². The third-order valence-corrected chi connectivity index (χ3v) is 9.74. The van der Waals surface area contributed by atoms with Crippen molar-refractivity contribution in [2.24, 2.45) is 0 Å². The molecule has 0 saturated heterocycles. The van der Waals surface area contributed by atoms with Crippen LogP contribution in [0, 0.1) is 0 Å². The van der Waals surface area contributed by atoms with E-state index >= 15 is 0 Å². The third kappa shape index (κ3) is 4.33. The van der Waals surface area contributed by atoms with Crippen LogP contribution in [0.1, 0.15) is 27.2 Å². The minimum absolute atomic E-state index is 0.0856. The predicted molar refractivity (Wildman–Crippen MR) is 110 cm³/mol. The molecule has 0 aliphatic heterocycles. The maximum absolute atomic E-state index is 10.4. The van der Waals surface area contributed by atoms with Gasteiger partial charge in [0, 0.05) is 0 Å². The molecule has 2 N–H and O–H groups in total. The second-order valence-electron chi connectivity index (χ2n) is 7.63. The van der Waals surface area contributed by atoms with Gasteiger partial charge in [0.15, 0.2) is 0 Å². The summed E-state index contributed by atoms with van der Waals surface area (Å²) in [6.07, 6.45) is 0.127. The van der Waals surface area contributed by atoms with E-state index in [0.29, 0.717) is 6.42 Å². The quantitative estimate of drug-likeness (QED) is 0.555. The van der Waals surface area contributed by atoms with Crippen LogP contribution in [0.2, 0.25) is 5.04 Å². The van der Waals surface area contributed by atoms with Crippen LogP contribution in [0.4, 0.5) is 0 Å². The number of benzene rings is 2. The minimum atomic E-state index is -2.68. The SMILES string of the molecule is C=CC[C@H](O)[C@H](O)CO[Si](c1ccccc1)(c1ccccc1)C(C)(C)C. The summed E-state index contributed by atoms with van der Waals surface area (Å²) in [6, 6.07) is 20.5. The predicted octanol–water partition coefficient (Wildman–Crippen LogP) is 2.86. The highest BCUT2D eigenvalue weighted by molar-refractivity contribution is 6.99. The largest absolute Gasteiger partial charge is 0.405 e. The van der Waals surface area contributed by atoms with E-state index in [9.17, 15) is 10.2 Å². The second-order valence-corrected chi connectivity index (χ2v) is 11.9. The zero-order valence-corrected chi connectivity index (χ0v) is 16.9. The van der Waals surface area contributed by atoms with Gasteiger partial charge in [0.25, 0.3) is 8.32 Å². The highest BCUT2D eigenvalue weighted by Crippen LogP contribution is 2.36. The van der Waals surface area contributed by atoms with E-state index in [-0.39, 0.29) is 11.6 Å². The summed E-state index contributed by atoms with van der Waals surface area (Å²) in [5, 5.41) is 22.6. The molecule has 0 bridgehead atoms. The average Bonchev–Trinajstić information content (AvgIpc) is 2.63. The van der Waals surface area contributed by atoms with Gasteiger partial charge in [0.1, 0.15) is 6.10 Å². The van der Waals surface area contributed by atoms with E-state index in [4.69, 9.17) is 4.43 Å². The van der Waals surface area contributed by atoms with Crippen molar-refractivity contribution < 1.29 is 14.6 Å². The Morgan fingerprint density at radius 3 is 1.77 bits per heavy atom. The number of aliphatic hydroxyl groups is 2. The fourth-order valence-corrected chi connectivity index (χ4v) is 7.99. The van der Waals surface area contributed by atoms with Crippen molar-refractivity contribution in [1.82, 2.24) is 0 Å². The number of rotatable bonds is 8. The molecule has 2 rings (SSSR count). The molecule has 2 atom stereocenters. The molecule has 0 fully saturated rings. The highest BCUT2D eigenvalue weighted by atomic mass is 28.4. The van der Waals surface area contributed by atoms with Crippen LogP contribution in [0.15, 0.2) is 73.3 Å². The topological polar surface area (TPSA) is 49.7 Å². The fourth-order valence-electron chi connectivity index (χ4n) is 3.41. The van der Waals surface area contributed by atoms with Gasteiger partial charge in [-0.1, -0.05) is 87.5 Å². The van der Waals surface area contributed by atoms with E-state index in [1.807, 2.05) is 36.4 Å². The van der Waals surface area contributed by atoms with E-state index in [2.05, 4.69) is 51.6 Å². The molecule has 0 aliphatic rings. The Bertz CT molecular complexity index is 640. The van der Waals surface area contributed by atoms with Gasteiger partial charge in [-0.15, -0.1) is 6.58 Å². The molecule has 0 saturated carbocycles. The summed E-state index contributed by atoms with van der Waals surface area (Å²) in [5.41, 5.74) is 0. The summed E-state index contributed by atoms with van der Waals surface area (Å²) >= 11 is 0. The van der Waals surface area contributed by atoms with Crippen LogP contribution in [0.25, 0.3) is 0 Å². The zero-order chi connectivity index (χ0) is 19.2. The van der Waals surface area contributed by atoms with Crippen LogP contribution in [-0.4, -0.2) is 37.3 Å². The van der Waals surface area contributed by atoms with Crippen molar-refractivity contribution in [2.45, 2.75) is 44.4 Å². The van der Waals surface area contributed by atoms with Crippen molar-refractivity contribution in [3.05, 3.63) is 73.3 Å². The molecule has 0 spiro atoms. The van der Waals surface area contributed by atoms with Crippen LogP contribution >= 0.6 is 0 Å². The lowest BCUT2D eigenvalue weighted by molar-refractivity contribution is -0.00792. The lowest BCUT2D eigenvalue weighted by atomic mass is 10.1. The smallest absolute Gasteiger partial charge is 0.261 e. The Hall–Kier alpha value is -1.72. The maximum Gasteiger partial charge on any atom is 0.261 e. The standard InChI is InChI=1S/C22H30O3Si/c1-5-12-20(23)21(24)17-25-26(22(2,3)4,18-13-8-6-9-14-18)19-15-10-7-11-16-19/h5-11,13-16,20-21,23-24H,1,12,17H2,2-4H3/t20-,21+/m0/s1. The van der Waals surface area contributed by atoms with Gasteiger partial charge in [0.2, 0.25) is 0 Å². The molecule has 0 amide bonds. The molecule has 0 radical (unpaired) electrons. The first-order valence-electron chi connectivity index (χ1n) is 9.05. The van der Waals surface area contributed by atoms with Crippen molar-refractivity contribution in [2.75, 3.05) is 6.61 Å². The first kappa shape index (κ1) is 20.6. The summed E-state index contributed by atoms with van der Waals surface area (Å²) in [7, 11) is -2.68. The van der Waals surface area contributed by atoms with Gasteiger partial charge < -0.3 is 14.6 Å². The zero-order valence-electron chi connectivity index (χ0n) is 15.9. The summed E-state index contributed by atoms with van der Waals surface area (Å²) in [4.78, 5) is 0. The molecule has 26 heavy (non-hydrogen) atoms. The summed E-state index contributed by atoms with van der Waals surface area (Å²) in [6.45, 7) is 10.3. The Morgan fingerprint density at radius 1 is 0.923 bits per heavy atom. The monoisotopic (exact) mass is 370 g/mol. The molecular weight excluding hydrogens is 340 g/mol. The van der Waals surface area contributed by atoms with E-state index < -0.39 is 20.5 Å². The Morgan fingerprint density at radius 2 is 1.38 bits per heavy atom. The molecule has 2 aromatic carbocycles. The van der Waals surface area contributed by atoms with Crippen LogP contribution in [-0.2, 0) is 4.43 Å². The molecule has 3 nitrogen and oxygen atoms in total. The Labute approximate surface area is 158 Å². The molecule has 2 aromatic rings. The van der Waals surface area contributed by atoms with Gasteiger partial charge in [-0.3, -0.25) is 0 Å². The molecule has 0 aromatic heterocycles. The number of aliphatic hydroxyl groups excluding tert-OH is 2. The van der Waals surface area contributed by atoms with Crippen molar-refractivity contribution in [3.8, 4) is 0 Å². The van der Waals surface area contributed by atoms with E-state index in [0.717, 1.165) is 10.4 Å². The van der Waals surface area contributed by atoms with Gasteiger partial charge >= 0.3 is 0 Å². The van der Waals surface area contributed by atoms with E-state index in [1.54, 1.807) is 6.08 Å². The molecule has 0 heterocycles. The van der Waals surface area contributed by atoms with Crippen LogP contribution in [0.5, 0.6) is 0 Å². The average molecular weight is 371 g/mol. The minimum Gasteiger partial charge on any atom is -0.405 e. The van der Waals surface area contributed by atoms with Crippen LogP contribution in [0.3, 0.4) is 0 Å². The summed E-state index contributed by atoms with van der Waals surface area (Å²) < 4.78 is 6.59. The third-order valence-electron chi connectivity index (χ3n) is 4.74. The first-order valence-corrected chi connectivity index (χ1v) is 11.0. The van der Waals surface area contributed by atoms with Gasteiger partial charge in [-0.25, -0.2) is 0 Å². The number of hydrogen-bond acceptors (Lipinski definition) is 3. The lowest BCUT2D eigenvalue weighted by Gasteiger charge is -2.43. The fraction of sp³-hybridized carbons (Fsp3) is 0.364. The highest BCUT2D eigenvalue weighted by Gasteiger charge is 2.50. The van der Waals surface area contributed by atoms with Gasteiger partial charge in [0.05, 0.1) is 12.7 Å². The van der Waals surface area contributed by atoms with E-state index in [1.165, 1.54) is 0 Å². The van der Waals surface area contributed by atoms with Crippen LogP contribution < -0.4 is 10.4 Å². The molecular formula is C22H30O3Si. The summed E-state index contributed by atoms with van der Waals surface area (Å²) in [5.74, 6) is 0. The maximum atomic E-state index is 10.4. The lowest BCUT2D eigenvalue weighted by Crippen LogP contribution is -2.67. The Kier molecular flexibility index (Phi) is 6.95. The normalized spacial score (nSPS) is 14.7. The van der Waals surface area contributed by atoms with Crippen molar-refractivity contribution >= 4 is 18.7 Å². The Balaban J connectivity index is 2.49. The first-order chi connectivity index (χ1) is 12.3. The second kappa shape index (κ2) is 8.78. The molecule has 0 aliphatic carbocycles.